The third-order valence-corrected chi connectivity index (χ3v) is 2.64. The van der Waals surface area contributed by atoms with Crippen molar-refractivity contribution in [2.24, 2.45) is 5.92 Å². The summed E-state index contributed by atoms with van der Waals surface area (Å²) in [6.07, 6.45) is -0.977. The van der Waals surface area contributed by atoms with E-state index >= 15 is 0 Å². The van der Waals surface area contributed by atoms with Gasteiger partial charge in [0.1, 0.15) is 12.6 Å². The molecule has 20 heavy (non-hydrogen) atoms. The van der Waals surface area contributed by atoms with Gasteiger partial charge in [-0.25, -0.2) is 9.59 Å². The first-order chi connectivity index (χ1) is 9.41. The lowest BCUT2D eigenvalue weighted by Crippen LogP contribution is -2.47. The summed E-state index contributed by atoms with van der Waals surface area (Å²) in [5, 5.41) is 19.7. The van der Waals surface area contributed by atoms with E-state index in [1.54, 1.807) is 30.3 Å². The predicted molar refractivity (Wildman–Crippen MR) is 68.0 cm³/mol. The van der Waals surface area contributed by atoms with Gasteiger partial charge >= 0.3 is 18.0 Å². The lowest BCUT2D eigenvalue weighted by molar-refractivity contribution is -0.150. The van der Waals surface area contributed by atoms with E-state index in [4.69, 9.17) is 14.9 Å². The second-order valence-corrected chi connectivity index (χ2v) is 4.15. The van der Waals surface area contributed by atoms with Crippen molar-refractivity contribution in [3.05, 3.63) is 35.9 Å². The summed E-state index contributed by atoms with van der Waals surface area (Å²) in [5.41, 5.74) is 0.737. The molecule has 7 nitrogen and oxygen atoms in total. The van der Waals surface area contributed by atoms with E-state index in [-0.39, 0.29) is 6.61 Å². The first-order valence-corrected chi connectivity index (χ1v) is 5.84. The number of benzene rings is 1. The third kappa shape index (κ3) is 4.60. The summed E-state index contributed by atoms with van der Waals surface area (Å²) >= 11 is 0. The largest absolute Gasteiger partial charge is 0.481 e. The lowest BCUT2D eigenvalue weighted by Gasteiger charge is -2.17. The smallest absolute Gasteiger partial charge is 0.408 e. The summed E-state index contributed by atoms with van der Waals surface area (Å²) in [6, 6.07) is 7.27. The summed E-state index contributed by atoms with van der Waals surface area (Å²) in [7, 11) is 0. The fourth-order valence-corrected chi connectivity index (χ4v) is 1.43. The molecule has 0 saturated heterocycles. The Bertz CT molecular complexity index is 487. The van der Waals surface area contributed by atoms with Crippen LogP contribution in [-0.2, 0) is 20.9 Å². The Morgan fingerprint density at radius 3 is 2.25 bits per heavy atom. The van der Waals surface area contributed by atoms with Crippen LogP contribution in [0.5, 0.6) is 0 Å². The normalized spacial score (nSPS) is 13.1. The molecule has 0 aliphatic rings. The minimum absolute atomic E-state index is 0.0273. The van der Waals surface area contributed by atoms with Gasteiger partial charge in [0.25, 0.3) is 0 Å². The first-order valence-electron chi connectivity index (χ1n) is 5.84. The van der Waals surface area contributed by atoms with Crippen molar-refractivity contribution in [1.82, 2.24) is 5.32 Å². The highest BCUT2D eigenvalue weighted by Crippen LogP contribution is 2.05. The van der Waals surface area contributed by atoms with Gasteiger partial charge in [0.15, 0.2) is 0 Å². The molecule has 0 spiro atoms. The number of amides is 1. The Balaban J connectivity index is 2.54. The molecule has 1 aromatic carbocycles. The fraction of sp³-hybridized carbons (Fsp3) is 0.308. The maximum atomic E-state index is 11.5. The van der Waals surface area contributed by atoms with E-state index in [1.807, 2.05) is 5.32 Å². The Hall–Kier alpha value is -2.57. The van der Waals surface area contributed by atoms with Gasteiger partial charge in [-0.1, -0.05) is 30.3 Å². The molecule has 0 radical (unpaired) electrons. The van der Waals surface area contributed by atoms with E-state index in [0.717, 1.165) is 5.56 Å². The van der Waals surface area contributed by atoms with Crippen molar-refractivity contribution in [2.75, 3.05) is 0 Å². The second-order valence-electron chi connectivity index (χ2n) is 4.15. The van der Waals surface area contributed by atoms with Crippen LogP contribution in [0.1, 0.15) is 12.5 Å². The molecule has 0 unspecified atom stereocenters. The molecule has 0 fully saturated rings. The number of carboxylic acids is 2. The molecule has 2 atom stereocenters. The summed E-state index contributed by atoms with van der Waals surface area (Å²) < 4.78 is 4.83. The van der Waals surface area contributed by atoms with Crippen LogP contribution in [0.2, 0.25) is 0 Å². The third-order valence-electron chi connectivity index (χ3n) is 2.64. The number of alkyl carbamates (subject to hydrolysis) is 1. The molecule has 0 saturated carbocycles. The maximum Gasteiger partial charge on any atom is 0.408 e. The molecule has 108 valence electrons. The molecule has 0 aliphatic heterocycles. The van der Waals surface area contributed by atoms with Crippen molar-refractivity contribution in [1.29, 1.82) is 0 Å². The van der Waals surface area contributed by atoms with E-state index in [0.29, 0.717) is 0 Å². The van der Waals surface area contributed by atoms with Gasteiger partial charge in [-0.3, -0.25) is 4.79 Å². The SMILES string of the molecule is C[C@H](C(=O)O)[C@@H](NC(=O)OCc1ccccc1)C(=O)O. The summed E-state index contributed by atoms with van der Waals surface area (Å²) in [5.74, 6) is -4.02. The highest BCUT2D eigenvalue weighted by molar-refractivity contribution is 5.85. The topological polar surface area (TPSA) is 113 Å². The molecule has 3 N–H and O–H groups in total. The molecule has 1 amide bonds. The van der Waals surface area contributed by atoms with E-state index in [9.17, 15) is 14.4 Å². The molecular weight excluding hydrogens is 266 g/mol. The molecule has 0 heterocycles. The van der Waals surface area contributed by atoms with Crippen LogP contribution in [0.15, 0.2) is 30.3 Å². The van der Waals surface area contributed by atoms with Gasteiger partial charge in [-0.15, -0.1) is 0 Å². The Kier molecular flexibility index (Phi) is 5.52. The number of hydrogen-bond acceptors (Lipinski definition) is 4. The monoisotopic (exact) mass is 281 g/mol. The van der Waals surface area contributed by atoms with Crippen molar-refractivity contribution in [2.45, 2.75) is 19.6 Å². The number of hydrogen-bond donors (Lipinski definition) is 3. The van der Waals surface area contributed by atoms with Crippen LogP contribution >= 0.6 is 0 Å². The van der Waals surface area contributed by atoms with Crippen LogP contribution in [0.25, 0.3) is 0 Å². The Labute approximate surface area is 115 Å². The van der Waals surface area contributed by atoms with E-state index < -0.39 is 30.0 Å². The molecule has 1 aromatic rings. The van der Waals surface area contributed by atoms with Crippen LogP contribution in [0.4, 0.5) is 4.79 Å². The van der Waals surface area contributed by atoms with Crippen molar-refractivity contribution < 1.29 is 29.3 Å². The number of nitrogens with one attached hydrogen (secondary N) is 1. The zero-order valence-electron chi connectivity index (χ0n) is 10.8. The number of aliphatic carboxylic acids is 2. The molecule has 1 rings (SSSR count). The minimum Gasteiger partial charge on any atom is -0.481 e. The highest BCUT2D eigenvalue weighted by Gasteiger charge is 2.31. The number of carbonyl (C=O) groups is 3. The summed E-state index contributed by atoms with van der Waals surface area (Å²) in [4.78, 5) is 33.1. The van der Waals surface area contributed by atoms with Gasteiger partial charge in [-0.2, -0.15) is 0 Å². The average Bonchev–Trinajstić information content (AvgIpc) is 2.42. The van der Waals surface area contributed by atoms with Gasteiger partial charge < -0.3 is 20.3 Å². The van der Waals surface area contributed by atoms with Crippen molar-refractivity contribution in [3.63, 3.8) is 0 Å². The highest BCUT2D eigenvalue weighted by atomic mass is 16.5. The van der Waals surface area contributed by atoms with Gasteiger partial charge in [0.05, 0.1) is 5.92 Å². The molecule has 0 aromatic heterocycles. The number of carbonyl (C=O) groups excluding carboxylic acids is 1. The fourth-order valence-electron chi connectivity index (χ4n) is 1.43. The summed E-state index contributed by atoms with van der Waals surface area (Å²) in [6.45, 7) is 1.17. The van der Waals surface area contributed by atoms with E-state index in [1.165, 1.54) is 6.92 Å². The van der Waals surface area contributed by atoms with Gasteiger partial charge in [-0.05, 0) is 12.5 Å². The molecule has 0 aliphatic carbocycles. The van der Waals surface area contributed by atoms with Crippen LogP contribution in [-0.4, -0.2) is 34.3 Å². The first kappa shape index (κ1) is 15.5. The van der Waals surface area contributed by atoms with Crippen LogP contribution < -0.4 is 5.32 Å². The predicted octanol–water partition coefficient (Wildman–Crippen LogP) is 1.09. The number of rotatable bonds is 6. The quantitative estimate of drug-likeness (QED) is 0.719. The maximum absolute atomic E-state index is 11.5. The second kappa shape index (κ2) is 7.13. The number of carboxylic acid groups (broad SMARTS) is 2. The zero-order valence-corrected chi connectivity index (χ0v) is 10.8. The minimum atomic E-state index is -1.55. The molecule has 7 heteroatoms. The molecular formula is C13H15NO6. The van der Waals surface area contributed by atoms with Gasteiger partial charge in [0.2, 0.25) is 0 Å². The van der Waals surface area contributed by atoms with E-state index in [2.05, 4.69) is 0 Å². The van der Waals surface area contributed by atoms with Crippen molar-refractivity contribution >= 4 is 18.0 Å². The van der Waals surface area contributed by atoms with Crippen LogP contribution in [0.3, 0.4) is 0 Å². The standard InChI is InChI=1S/C13H15NO6/c1-8(11(15)16)10(12(17)18)14-13(19)20-7-9-5-3-2-4-6-9/h2-6,8,10H,7H2,1H3,(H,14,19)(H,15,16)(H,17,18)/t8-,10+/m0/s1. The van der Waals surface area contributed by atoms with Crippen LogP contribution in [0, 0.1) is 5.92 Å². The Morgan fingerprint density at radius 1 is 1.15 bits per heavy atom. The van der Waals surface area contributed by atoms with Crippen molar-refractivity contribution in [3.8, 4) is 0 Å². The number of ether oxygens (including phenoxy) is 1. The van der Waals surface area contributed by atoms with Gasteiger partial charge in [0, 0.05) is 0 Å². The zero-order chi connectivity index (χ0) is 15.1. The lowest BCUT2D eigenvalue weighted by atomic mass is 10.0. The molecule has 0 bridgehead atoms. The Morgan fingerprint density at radius 2 is 1.75 bits per heavy atom. The average molecular weight is 281 g/mol.